The Kier molecular flexibility index (Phi) is 4.09. The van der Waals surface area contributed by atoms with Gasteiger partial charge in [-0.15, -0.1) is 0 Å². The van der Waals surface area contributed by atoms with Crippen LogP contribution in [0.15, 0.2) is 24.8 Å². The highest BCUT2D eigenvalue weighted by Gasteiger charge is 2.14. The monoisotopic (exact) mass is 232 g/mol. The molecule has 0 fully saturated rings. The largest absolute Gasteiger partial charge is 0.310 e. The van der Waals surface area contributed by atoms with Crippen molar-refractivity contribution in [3.8, 4) is 0 Å². The van der Waals surface area contributed by atoms with Crippen LogP contribution in [-0.4, -0.2) is 21.1 Å². The molecule has 0 bridgehead atoms. The van der Waals surface area contributed by atoms with Gasteiger partial charge in [-0.1, -0.05) is 26.7 Å². The predicted molar refractivity (Wildman–Crippen MR) is 68.9 cm³/mol. The fourth-order valence-corrected chi connectivity index (χ4v) is 2.14. The first-order chi connectivity index (χ1) is 8.36. The number of aromatic nitrogens is 3. The molecule has 1 N–H and O–H groups in total. The van der Waals surface area contributed by atoms with E-state index < -0.39 is 0 Å². The maximum absolute atomic E-state index is 4.37. The van der Waals surface area contributed by atoms with Crippen molar-refractivity contribution < 1.29 is 0 Å². The summed E-state index contributed by atoms with van der Waals surface area (Å²) in [7, 11) is 0. The Hall–Kier alpha value is -1.42. The van der Waals surface area contributed by atoms with Crippen LogP contribution in [0.3, 0.4) is 0 Å². The summed E-state index contributed by atoms with van der Waals surface area (Å²) in [5.41, 5.74) is 2.36. The molecular weight excluding hydrogens is 212 g/mol. The van der Waals surface area contributed by atoms with Crippen LogP contribution in [0.2, 0.25) is 0 Å². The SMILES string of the molecule is CCCCC(NCC)c1cnn2ccncc12. The second kappa shape index (κ2) is 5.77. The van der Waals surface area contributed by atoms with Gasteiger partial charge in [0.25, 0.3) is 0 Å². The van der Waals surface area contributed by atoms with E-state index in [1.165, 1.54) is 18.4 Å². The molecule has 2 aromatic heterocycles. The Balaban J connectivity index is 2.27. The minimum Gasteiger partial charge on any atom is -0.310 e. The molecule has 0 spiro atoms. The fourth-order valence-electron chi connectivity index (χ4n) is 2.14. The molecule has 0 aliphatic rings. The molecular formula is C13H20N4. The van der Waals surface area contributed by atoms with Crippen LogP contribution in [0.1, 0.15) is 44.7 Å². The zero-order chi connectivity index (χ0) is 12.1. The van der Waals surface area contributed by atoms with Crippen LogP contribution in [0, 0.1) is 0 Å². The van der Waals surface area contributed by atoms with Crippen molar-refractivity contribution in [2.75, 3.05) is 6.54 Å². The molecule has 0 saturated heterocycles. The van der Waals surface area contributed by atoms with Crippen molar-refractivity contribution in [1.82, 2.24) is 19.9 Å². The Morgan fingerprint density at radius 2 is 2.24 bits per heavy atom. The third kappa shape index (κ3) is 2.64. The van der Waals surface area contributed by atoms with Gasteiger partial charge in [0.15, 0.2) is 0 Å². The minimum atomic E-state index is 0.390. The molecule has 1 unspecified atom stereocenters. The Morgan fingerprint density at radius 3 is 3.00 bits per heavy atom. The molecule has 4 nitrogen and oxygen atoms in total. The van der Waals surface area contributed by atoms with Crippen molar-refractivity contribution in [1.29, 1.82) is 0 Å². The number of nitrogens with zero attached hydrogens (tertiary/aromatic N) is 3. The first-order valence-corrected chi connectivity index (χ1v) is 6.37. The molecule has 2 rings (SSSR count). The van der Waals surface area contributed by atoms with Gasteiger partial charge in [0, 0.05) is 24.0 Å². The normalized spacial score (nSPS) is 13.1. The number of hydrogen-bond acceptors (Lipinski definition) is 3. The van der Waals surface area contributed by atoms with E-state index in [4.69, 9.17) is 0 Å². The Bertz CT molecular complexity index is 463. The maximum Gasteiger partial charge on any atom is 0.0892 e. The zero-order valence-electron chi connectivity index (χ0n) is 10.6. The van der Waals surface area contributed by atoms with E-state index in [0.29, 0.717) is 6.04 Å². The van der Waals surface area contributed by atoms with E-state index in [1.54, 1.807) is 6.20 Å². The second-order valence-electron chi connectivity index (χ2n) is 4.26. The van der Waals surface area contributed by atoms with Gasteiger partial charge in [0.05, 0.1) is 17.9 Å². The number of rotatable bonds is 6. The molecule has 0 amide bonds. The van der Waals surface area contributed by atoms with Crippen LogP contribution >= 0.6 is 0 Å². The first kappa shape index (κ1) is 12.0. The molecule has 17 heavy (non-hydrogen) atoms. The van der Waals surface area contributed by atoms with Gasteiger partial charge in [-0.25, -0.2) is 4.52 Å². The highest BCUT2D eigenvalue weighted by molar-refractivity contribution is 5.53. The van der Waals surface area contributed by atoms with Gasteiger partial charge in [0.1, 0.15) is 0 Å². The molecule has 2 heterocycles. The highest BCUT2D eigenvalue weighted by atomic mass is 15.2. The molecule has 0 saturated carbocycles. The Morgan fingerprint density at radius 1 is 1.35 bits per heavy atom. The highest BCUT2D eigenvalue weighted by Crippen LogP contribution is 2.23. The van der Waals surface area contributed by atoms with Gasteiger partial charge in [-0.05, 0) is 13.0 Å². The van der Waals surface area contributed by atoms with Crippen LogP contribution in [0.4, 0.5) is 0 Å². The van der Waals surface area contributed by atoms with E-state index in [0.717, 1.165) is 18.5 Å². The van der Waals surface area contributed by atoms with Crippen molar-refractivity contribution in [3.05, 3.63) is 30.4 Å². The molecule has 1 atom stereocenters. The maximum atomic E-state index is 4.37. The zero-order valence-corrected chi connectivity index (χ0v) is 10.6. The molecule has 0 aliphatic heterocycles. The van der Waals surface area contributed by atoms with E-state index in [-0.39, 0.29) is 0 Å². The number of nitrogens with one attached hydrogen (secondary N) is 1. The average molecular weight is 232 g/mol. The summed E-state index contributed by atoms with van der Waals surface area (Å²) < 4.78 is 1.89. The smallest absolute Gasteiger partial charge is 0.0892 e. The molecule has 92 valence electrons. The summed E-state index contributed by atoms with van der Waals surface area (Å²) in [5, 5.41) is 7.90. The van der Waals surface area contributed by atoms with Crippen LogP contribution in [0.25, 0.3) is 5.52 Å². The fraction of sp³-hybridized carbons (Fsp3) is 0.538. The van der Waals surface area contributed by atoms with E-state index in [1.807, 2.05) is 23.1 Å². The lowest BCUT2D eigenvalue weighted by Crippen LogP contribution is -2.20. The lowest BCUT2D eigenvalue weighted by molar-refractivity contribution is 0.497. The van der Waals surface area contributed by atoms with Gasteiger partial charge < -0.3 is 5.32 Å². The van der Waals surface area contributed by atoms with Crippen molar-refractivity contribution in [2.24, 2.45) is 0 Å². The quantitative estimate of drug-likeness (QED) is 0.832. The number of unbranched alkanes of at least 4 members (excludes halogenated alkanes) is 1. The third-order valence-corrected chi connectivity index (χ3v) is 3.03. The van der Waals surface area contributed by atoms with Crippen LogP contribution < -0.4 is 5.32 Å². The van der Waals surface area contributed by atoms with Crippen LogP contribution in [0.5, 0.6) is 0 Å². The van der Waals surface area contributed by atoms with Crippen LogP contribution in [-0.2, 0) is 0 Å². The van der Waals surface area contributed by atoms with Crippen molar-refractivity contribution >= 4 is 5.52 Å². The van der Waals surface area contributed by atoms with Gasteiger partial charge in [-0.3, -0.25) is 4.98 Å². The first-order valence-electron chi connectivity index (χ1n) is 6.37. The topological polar surface area (TPSA) is 42.2 Å². The summed E-state index contributed by atoms with van der Waals surface area (Å²) in [6, 6.07) is 0.390. The molecule has 4 heteroatoms. The summed E-state index contributed by atoms with van der Waals surface area (Å²) in [4.78, 5) is 4.18. The van der Waals surface area contributed by atoms with Crippen molar-refractivity contribution in [3.63, 3.8) is 0 Å². The summed E-state index contributed by atoms with van der Waals surface area (Å²) in [6.07, 6.45) is 11.1. The van der Waals surface area contributed by atoms with E-state index >= 15 is 0 Å². The summed E-state index contributed by atoms with van der Waals surface area (Å²) in [6.45, 7) is 5.34. The number of hydrogen-bond donors (Lipinski definition) is 1. The lowest BCUT2D eigenvalue weighted by atomic mass is 10.0. The summed E-state index contributed by atoms with van der Waals surface area (Å²) in [5.74, 6) is 0. The van der Waals surface area contributed by atoms with Crippen molar-refractivity contribution in [2.45, 2.75) is 39.2 Å². The van der Waals surface area contributed by atoms with Gasteiger partial charge >= 0.3 is 0 Å². The van der Waals surface area contributed by atoms with E-state index in [9.17, 15) is 0 Å². The number of fused-ring (bicyclic) bond motifs is 1. The standard InChI is InChI=1S/C13H20N4/c1-3-5-6-12(15-4-2)11-9-16-17-8-7-14-10-13(11)17/h7-10,12,15H,3-6H2,1-2H3. The van der Waals surface area contributed by atoms with Gasteiger partial charge in [-0.2, -0.15) is 5.10 Å². The second-order valence-corrected chi connectivity index (χ2v) is 4.26. The molecule has 0 radical (unpaired) electrons. The minimum absolute atomic E-state index is 0.390. The lowest BCUT2D eigenvalue weighted by Gasteiger charge is -2.16. The third-order valence-electron chi connectivity index (χ3n) is 3.03. The molecule has 0 aromatic carbocycles. The molecule has 0 aliphatic carbocycles. The van der Waals surface area contributed by atoms with E-state index in [2.05, 4.69) is 29.2 Å². The Labute approximate surface area is 102 Å². The summed E-state index contributed by atoms with van der Waals surface area (Å²) >= 11 is 0. The predicted octanol–water partition coefficient (Wildman–Crippen LogP) is 2.57. The molecule has 2 aromatic rings. The average Bonchev–Trinajstić information content (AvgIpc) is 2.78. The van der Waals surface area contributed by atoms with Gasteiger partial charge in [0.2, 0.25) is 0 Å².